The smallest absolute Gasteiger partial charge is 0.0502 e. The second kappa shape index (κ2) is 3.78. The third-order valence-corrected chi connectivity index (χ3v) is 1.64. The zero-order chi connectivity index (χ0) is 8.36. The number of hydrogen-bond acceptors (Lipinski definition) is 0. The normalized spacial score (nSPS) is 15.3. The molecule has 0 saturated carbocycles. The summed E-state index contributed by atoms with van der Waals surface area (Å²) in [5.74, 6) is 0. The molecule has 0 aromatic rings. The van der Waals surface area contributed by atoms with E-state index < -0.39 is 18.1 Å². The van der Waals surface area contributed by atoms with E-state index in [0.29, 0.717) is 0 Å². The van der Waals surface area contributed by atoms with Gasteiger partial charge in [0, 0.05) is 51.0 Å². The van der Waals surface area contributed by atoms with Crippen LogP contribution < -0.4 is 0 Å². The fourth-order valence-corrected chi connectivity index (χ4v) is 0.430. The van der Waals surface area contributed by atoms with E-state index in [-0.39, 0.29) is 0 Å². The predicted molar refractivity (Wildman–Crippen MR) is 54.4 cm³/mol. The highest BCUT2D eigenvalue weighted by atomic mass is 13.8. The van der Waals surface area contributed by atoms with E-state index in [4.69, 9.17) is 38.8 Å². The molecule has 0 nitrogen and oxygen atoms in total. The summed E-state index contributed by atoms with van der Waals surface area (Å²) in [5, 5.41) is -0.839. The summed E-state index contributed by atoms with van der Waals surface area (Å²) in [4.78, 5) is 0. The van der Waals surface area contributed by atoms with Crippen molar-refractivity contribution < 1.29 is 0 Å². The minimum atomic E-state index is -0.839. The highest BCUT2D eigenvalue weighted by molar-refractivity contribution is 7.54. The second-order valence-corrected chi connectivity index (χ2v) is 2.61. The molecule has 35 valence electrons. The Hall–Kier alpha value is 0.519. The standard InChI is InChI=1S/C2H3B8/c1-2(3,9(5)6)10(7)8-4/h1H3. The van der Waals surface area contributed by atoms with Gasteiger partial charge in [0.15, 0.2) is 0 Å². The summed E-state index contributed by atoms with van der Waals surface area (Å²) in [5.41, 5.74) is 0. The lowest BCUT2D eigenvalue weighted by molar-refractivity contribution is 1.21. The number of hydrogen-bond donors (Lipinski definition) is 0. The monoisotopic (exact) mass is 115 g/mol. The maximum Gasteiger partial charge on any atom is 0.0502 e. The highest BCUT2D eigenvalue weighted by Gasteiger charge is 2.28. The van der Waals surface area contributed by atoms with Crippen LogP contribution in [0.2, 0.25) is 5.11 Å². The van der Waals surface area contributed by atoms with Gasteiger partial charge in [-0.25, -0.2) is 0 Å². The van der Waals surface area contributed by atoms with Gasteiger partial charge in [0.2, 0.25) is 0 Å². The Morgan fingerprint density at radius 2 is 1.70 bits per heavy atom. The maximum absolute atomic E-state index is 5.63. The molecule has 0 spiro atoms. The highest BCUT2D eigenvalue weighted by Crippen LogP contribution is 2.21. The van der Waals surface area contributed by atoms with E-state index in [9.17, 15) is 0 Å². The Bertz CT molecular complexity index is 97.4. The van der Waals surface area contributed by atoms with Crippen molar-refractivity contribution >= 4 is 58.8 Å². The van der Waals surface area contributed by atoms with Crippen molar-refractivity contribution in [2.45, 2.75) is 12.0 Å². The fraction of sp³-hybridized carbons (Fsp3) is 1.00. The molecule has 0 aromatic carbocycles. The van der Waals surface area contributed by atoms with Gasteiger partial charge in [-0.1, -0.05) is 6.92 Å². The van der Waals surface area contributed by atoms with Gasteiger partial charge in [-0.3, -0.25) is 0 Å². The van der Waals surface area contributed by atoms with Gasteiger partial charge >= 0.3 is 0 Å². The van der Waals surface area contributed by atoms with E-state index in [2.05, 4.69) is 0 Å². The minimum Gasteiger partial charge on any atom is -0.136 e. The van der Waals surface area contributed by atoms with Gasteiger partial charge in [0.05, 0.1) is 7.85 Å². The SMILES string of the molecule is [B][B]B([B])C([B])(C)B([B])[B]. The van der Waals surface area contributed by atoms with Crippen molar-refractivity contribution in [3.05, 3.63) is 0 Å². The molecule has 0 rings (SSSR count). The molecule has 0 heterocycles. The Kier molecular flexibility index (Phi) is 3.98. The first-order chi connectivity index (χ1) is 4.42. The molecular weight excluding hydrogens is 111 g/mol. The van der Waals surface area contributed by atoms with Crippen LogP contribution in [0, 0.1) is 0 Å². The first-order valence-electron chi connectivity index (χ1n) is 3.03. The molecule has 0 bridgehead atoms. The van der Waals surface area contributed by atoms with Crippen molar-refractivity contribution in [2.24, 2.45) is 0 Å². The summed E-state index contributed by atoms with van der Waals surface area (Å²) < 4.78 is 0. The van der Waals surface area contributed by atoms with Gasteiger partial charge in [-0.2, -0.15) is 0 Å². The van der Waals surface area contributed by atoms with Crippen LogP contribution in [0.4, 0.5) is 0 Å². The molecule has 8 heteroatoms. The van der Waals surface area contributed by atoms with Gasteiger partial charge in [-0.15, -0.1) is 5.11 Å². The van der Waals surface area contributed by atoms with E-state index in [1.54, 1.807) is 6.92 Å². The second-order valence-electron chi connectivity index (χ2n) is 2.61. The van der Waals surface area contributed by atoms with Crippen LogP contribution in [-0.4, -0.2) is 58.8 Å². The van der Waals surface area contributed by atoms with Crippen LogP contribution in [0.15, 0.2) is 0 Å². The maximum atomic E-state index is 5.63. The Morgan fingerprint density at radius 3 is 1.80 bits per heavy atom. The van der Waals surface area contributed by atoms with Crippen LogP contribution in [-0.2, 0) is 0 Å². The van der Waals surface area contributed by atoms with Crippen molar-refractivity contribution in [1.82, 2.24) is 0 Å². The molecule has 11 radical (unpaired) electrons. The van der Waals surface area contributed by atoms with Gasteiger partial charge < -0.3 is 0 Å². The molecule has 0 aliphatic carbocycles. The first-order valence-corrected chi connectivity index (χ1v) is 3.03. The van der Waals surface area contributed by atoms with Crippen LogP contribution in [0.25, 0.3) is 0 Å². The summed E-state index contributed by atoms with van der Waals surface area (Å²) in [6.07, 6.45) is 0. The van der Waals surface area contributed by atoms with E-state index in [0.717, 1.165) is 0 Å². The van der Waals surface area contributed by atoms with Crippen molar-refractivity contribution in [2.75, 3.05) is 0 Å². The Labute approximate surface area is 71.4 Å². The lowest BCUT2D eigenvalue weighted by Gasteiger charge is -2.34. The molecule has 0 fully saturated rings. The predicted octanol–water partition coefficient (Wildman–Crippen LogP) is -2.32. The molecule has 1 unspecified atom stereocenters. The van der Waals surface area contributed by atoms with E-state index >= 15 is 0 Å². The summed E-state index contributed by atoms with van der Waals surface area (Å²) in [6, 6.07) is 0. The topological polar surface area (TPSA) is 0 Å². The van der Waals surface area contributed by atoms with E-state index in [1.807, 2.05) is 0 Å². The van der Waals surface area contributed by atoms with Crippen molar-refractivity contribution in [3.63, 3.8) is 0 Å². The van der Waals surface area contributed by atoms with Crippen LogP contribution in [0.5, 0.6) is 0 Å². The van der Waals surface area contributed by atoms with Crippen LogP contribution in [0.3, 0.4) is 0 Å². The summed E-state index contributed by atoms with van der Waals surface area (Å²) in [6.45, 7) is 0.515. The third-order valence-electron chi connectivity index (χ3n) is 1.64. The molecule has 0 aliphatic rings. The fourth-order valence-electron chi connectivity index (χ4n) is 0.430. The third kappa shape index (κ3) is 2.29. The molecular formula is C2H3B8. The Morgan fingerprint density at radius 1 is 1.30 bits per heavy atom. The van der Waals surface area contributed by atoms with Crippen LogP contribution >= 0.6 is 0 Å². The molecule has 0 N–H and O–H groups in total. The average Bonchev–Trinajstić information content (AvgIpc) is 1.86. The number of rotatable bonds is 3. The molecule has 1 atom stereocenters. The molecule has 0 aliphatic heterocycles. The van der Waals surface area contributed by atoms with Gasteiger partial charge in [0.25, 0.3) is 0 Å². The average molecular weight is 114 g/mol. The van der Waals surface area contributed by atoms with Crippen molar-refractivity contribution in [3.8, 4) is 0 Å². The minimum absolute atomic E-state index is 0.479. The molecule has 0 amide bonds. The molecule has 10 heavy (non-hydrogen) atoms. The first kappa shape index (κ1) is 10.5. The van der Waals surface area contributed by atoms with Crippen LogP contribution in [0.1, 0.15) is 6.92 Å². The summed E-state index contributed by atoms with van der Waals surface area (Å²) in [7, 11) is 28.2. The van der Waals surface area contributed by atoms with Crippen molar-refractivity contribution in [1.29, 1.82) is 0 Å². The molecule has 0 aromatic heterocycles. The lowest BCUT2D eigenvalue weighted by Crippen LogP contribution is -2.49. The lowest BCUT2D eigenvalue weighted by atomic mass is 8.85. The largest absolute Gasteiger partial charge is 0.136 e. The van der Waals surface area contributed by atoms with E-state index in [1.165, 1.54) is 7.06 Å². The Balaban J connectivity index is 4.09. The zero-order valence-corrected chi connectivity index (χ0v) is 6.12. The molecule has 0 saturated heterocycles. The summed E-state index contributed by atoms with van der Waals surface area (Å²) >= 11 is 0. The van der Waals surface area contributed by atoms with Gasteiger partial charge in [-0.05, 0) is 0 Å². The quantitative estimate of drug-likeness (QED) is 0.361. The zero-order valence-electron chi connectivity index (χ0n) is 6.12. The van der Waals surface area contributed by atoms with Gasteiger partial charge in [0.1, 0.15) is 0 Å².